The lowest BCUT2D eigenvalue weighted by Gasteiger charge is -2.34. The van der Waals surface area contributed by atoms with Gasteiger partial charge in [-0.05, 0) is 42.0 Å². The van der Waals surface area contributed by atoms with Crippen LogP contribution in [0.15, 0.2) is 48.5 Å². The summed E-state index contributed by atoms with van der Waals surface area (Å²) in [5.41, 5.74) is 2.36. The molecular weight excluding hydrogens is 405 g/mol. The number of benzene rings is 2. The highest BCUT2D eigenvalue weighted by molar-refractivity contribution is 5.95. The lowest BCUT2D eigenvalue weighted by atomic mass is 10.0. The number of hydrogen-bond acceptors (Lipinski definition) is 4. The average Bonchev–Trinajstić information content (AvgIpc) is 3.12. The van der Waals surface area contributed by atoms with Crippen molar-refractivity contribution in [1.29, 1.82) is 0 Å². The number of nitrogens with zero attached hydrogens (tertiary/aromatic N) is 2. The number of nitrogens with one attached hydrogen (secondary N) is 1. The second kappa shape index (κ2) is 10.6. The lowest BCUT2D eigenvalue weighted by Crippen LogP contribution is -2.44. The molecule has 0 aliphatic carbocycles. The van der Waals surface area contributed by atoms with Gasteiger partial charge < -0.3 is 15.0 Å². The maximum atomic E-state index is 14.6. The molecule has 0 saturated carbocycles. The standard InChI is InChI=1S/C26H34FN3O2/c1-19-17-29(18-20(19)2)11-10-21-6-5-7-22(16-21)28-26(31)25(30-12-14-32-15-13-30)23-8-3-4-9-24(23)27/h3-9,16,19-20,25H,10-15,17-18H2,1-2H3,(H,28,31)/t19-,20-,25-/m1/s1. The highest BCUT2D eigenvalue weighted by Gasteiger charge is 2.31. The number of amides is 1. The van der Waals surface area contributed by atoms with Gasteiger partial charge in [-0.1, -0.05) is 44.2 Å². The number of likely N-dealkylation sites (tertiary alicyclic amines) is 1. The Bertz CT molecular complexity index is 905. The molecule has 3 atom stereocenters. The van der Waals surface area contributed by atoms with Crippen molar-refractivity contribution in [3.63, 3.8) is 0 Å². The van der Waals surface area contributed by atoms with Gasteiger partial charge >= 0.3 is 0 Å². The van der Waals surface area contributed by atoms with Crippen LogP contribution in [-0.4, -0.2) is 61.6 Å². The number of carbonyl (C=O) groups is 1. The Morgan fingerprint density at radius 2 is 1.81 bits per heavy atom. The maximum absolute atomic E-state index is 14.6. The van der Waals surface area contributed by atoms with E-state index in [9.17, 15) is 9.18 Å². The molecule has 2 saturated heterocycles. The lowest BCUT2D eigenvalue weighted by molar-refractivity contribution is -0.123. The largest absolute Gasteiger partial charge is 0.379 e. The van der Waals surface area contributed by atoms with E-state index in [0.717, 1.165) is 43.6 Å². The Hall–Kier alpha value is -2.28. The van der Waals surface area contributed by atoms with Gasteiger partial charge in [0.25, 0.3) is 0 Å². The van der Waals surface area contributed by atoms with E-state index in [1.807, 2.05) is 23.1 Å². The van der Waals surface area contributed by atoms with E-state index in [0.29, 0.717) is 31.9 Å². The first-order valence-electron chi connectivity index (χ1n) is 11.7. The Kier molecular flexibility index (Phi) is 7.55. The number of rotatable bonds is 7. The Balaban J connectivity index is 1.45. The average molecular weight is 440 g/mol. The van der Waals surface area contributed by atoms with Crippen molar-refractivity contribution in [2.45, 2.75) is 26.3 Å². The number of ether oxygens (including phenoxy) is 1. The fourth-order valence-electron chi connectivity index (χ4n) is 4.77. The zero-order valence-electron chi connectivity index (χ0n) is 19.1. The van der Waals surface area contributed by atoms with E-state index in [1.54, 1.807) is 18.2 Å². The number of anilines is 1. The molecule has 1 N–H and O–H groups in total. The van der Waals surface area contributed by atoms with Gasteiger partial charge in [0.15, 0.2) is 0 Å². The van der Waals surface area contributed by atoms with Crippen LogP contribution in [0.3, 0.4) is 0 Å². The number of morpholine rings is 1. The minimum Gasteiger partial charge on any atom is -0.379 e. The van der Waals surface area contributed by atoms with Gasteiger partial charge in [0.2, 0.25) is 5.91 Å². The molecule has 2 aliphatic rings. The van der Waals surface area contributed by atoms with Gasteiger partial charge in [-0.2, -0.15) is 0 Å². The molecule has 1 amide bonds. The zero-order valence-corrected chi connectivity index (χ0v) is 19.1. The molecule has 2 heterocycles. The van der Waals surface area contributed by atoms with Crippen LogP contribution in [0.5, 0.6) is 0 Å². The van der Waals surface area contributed by atoms with Crippen LogP contribution in [-0.2, 0) is 16.0 Å². The first-order valence-corrected chi connectivity index (χ1v) is 11.7. The van der Waals surface area contributed by atoms with Crippen LogP contribution in [0.1, 0.15) is 31.0 Å². The fourth-order valence-corrected chi connectivity index (χ4v) is 4.77. The van der Waals surface area contributed by atoms with Crippen LogP contribution in [0.25, 0.3) is 0 Å². The molecule has 0 unspecified atom stereocenters. The van der Waals surface area contributed by atoms with Gasteiger partial charge in [-0.3, -0.25) is 9.69 Å². The first-order chi connectivity index (χ1) is 15.5. The second-order valence-electron chi connectivity index (χ2n) is 9.23. The summed E-state index contributed by atoms with van der Waals surface area (Å²) in [6, 6.07) is 13.9. The minimum absolute atomic E-state index is 0.212. The molecule has 172 valence electrons. The molecule has 0 aromatic heterocycles. The monoisotopic (exact) mass is 439 g/mol. The van der Waals surface area contributed by atoms with Crippen LogP contribution in [0.2, 0.25) is 0 Å². The predicted octanol–water partition coefficient (Wildman–Crippen LogP) is 3.97. The van der Waals surface area contributed by atoms with Gasteiger partial charge in [0.05, 0.1) is 13.2 Å². The Morgan fingerprint density at radius 3 is 2.53 bits per heavy atom. The Labute approximate surface area is 190 Å². The maximum Gasteiger partial charge on any atom is 0.246 e. The van der Waals surface area contributed by atoms with Gasteiger partial charge in [0, 0.05) is 44.0 Å². The summed E-state index contributed by atoms with van der Waals surface area (Å²) in [5.74, 6) is 0.922. The summed E-state index contributed by atoms with van der Waals surface area (Å²) in [7, 11) is 0. The molecule has 2 aromatic carbocycles. The summed E-state index contributed by atoms with van der Waals surface area (Å²) in [6.07, 6.45) is 0.948. The SMILES string of the molecule is C[C@@H]1CN(CCc2cccc(NC(=O)[C@@H](c3ccccc3F)N3CCOCC3)c2)C[C@H]1C. The van der Waals surface area contributed by atoms with Gasteiger partial charge in [-0.15, -0.1) is 0 Å². The van der Waals surface area contributed by atoms with E-state index >= 15 is 0 Å². The van der Waals surface area contributed by atoms with Crippen molar-refractivity contribution in [1.82, 2.24) is 9.80 Å². The van der Waals surface area contributed by atoms with E-state index in [1.165, 1.54) is 11.6 Å². The molecule has 2 fully saturated rings. The molecule has 0 spiro atoms. The van der Waals surface area contributed by atoms with Crippen LogP contribution in [0.4, 0.5) is 10.1 Å². The molecule has 2 aliphatic heterocycles. The van der Waals surface area contributed by atoms with Gasteiger partial charge in [-0.25, -0.2) is 4.39 Å². The molecule has 0 bridgehead atoms. The first kappa shape index (κ1) is 22.9. The fraction of sp³-hybridized carbons (Fsp3) is 0.500. The van der Waals surface area contributed by atoms with Crippen molar-refractivity contribution in [2.75, 3.05) is 51.3 Å². The van der Waals surface area contributed by atoms with Crippen molar-refractivity contribution in [3.8, 4) is 0 Å². The number of carbonyl (C=O) groups excluding carboxylic acids is 1. The molecule has 5 nitrogen and oxygen atoms in total. The van der Waals surface area contributed by atoms with Crippen molar-refractivity contribution >= 4 is 11.6 Å². The van der Waals surface area contributed by atoms with Crippen molar-refractivity contribution in [2.24, 2.45) is 11.8 Å². The molecule has 0 radical (unpaired) electrons. The summed E-state index contributed by atoms with van der Waals surface area (Å²) in [5, 5.41) is 3.05. The third-order valence-corrected chi connectivity index (χ3v) is 6.83. The molecule has 4 rings (SSSR count). The van der Waals surface area contributed by atoms with Crippen LogP contribution >= 0.6 is 0 Å². The van der Waals surface area contributed by atoms with E-state index in [2.05, 4.69) is 30.1 Å². The van der Waals surface area contributed by atoms with Crippen molar-refractivity contribution in [3.05, 3.63) is 65.5 Å². The third kappa shape index (κ3) is 5.55. The second-order valence-corrected chi connectivity index (χ2v) is 9.23. The highest BCUT2D eigenvalue weighted by Crippen LogP contribution is 2.27. The molecule has 6 heteroatoms. The van der Waals surface area contributed by atoms with Crippen LogP contribution in [0, 0.1) is 17.7 Å². The third-order valence-electron chi connectivity index (χ3n) is 6.83. The normalized spacial score (nSPS) is 23.2. The minimum atomic E-state index is -0.684. The molecular formula is C26H34FN3O2. The summed E-state index contributed by atoms with van der Waals surface area (Å²) >= 11 is 0. The predicted molar refractivity (Wildman–Crippen MR) is 125 cm³/mol. The number of hydrogen-bond donors (Lipinski definition) is 1. The Morgan fingerprint density at radius 1 is 1.09 bits per heavy atom. The van der Waals surface area contributed by atoms with E-state index in [4.69, 9.17) is 4.74 Å². The van der Waals surface area contributed by atoms with Crippen LogP contribution < -0.4 is 5.32 Å². The summed E-state index contributed by atoms with van der Waals surface area (Å²) in [6.45, 7) is 10.3. The smallest absolute Gasteiger partial charge is 0.246 e. The molecule has 2 aromatic rings. The zero-order chi connectivity index (χ0) is 22.5. The van der Waals surface area contributed by atoms with Gasteiger partial charge in [0.1, 0.15) is 11.9 Å². The highest BCUT2D eigenvalue weighted by atomic mass is 19.1. The summed E-state index contributed by atoms with van der Waals surface area (Å²) < 4.78 is 20.1. The summed E-state index contributed by atoms with van der Waals surface area (Å²) in [4.78, 5) is 17.9. The van der Waals surface area contributed by atoms with E-state index < -0.39 is 6.04 Å². The van der Waals surface area contributed by atoms with E-state index in [-0.39, 0.29) is 11.7 Å². The molecule has 32 heavy (non-hydrogen) atoms. The topological polar surface area (TPSA) is 44.8 Å². The number of halogens is 1. The van der Waals surface area contributed by atoms with Crippen molar-refractivity contribution < 1.29 is 13.9 Å². The quantitative estimate of drug-likeness (QED) is 0.709.